The van der Waals surface area contributed by atoms with Crippen molar-refractivity contribution in [3.63, 3.8) is 0 Å². The minimum Gasteiger partial charge on any atom is -0.381 e. The Balaban J connectivity index is 0.000000198. The second-order valence-electron chi connectivity index (χ2n) is 8.66. The first-order valence-electron chi connectivity index (χ1n) is 12.3. The van der Waals surface area contributed by atoms with Crippen molar-refractivity contribution < 1.29 is 4.79 Å². The van der Waals surface area contributed by atoms with Gasteiger partial charge in [-0.05, 0) is 42.1 Å². The lowest BCUT2D eigenvalue weighted by molar-refractivity contribution is 0.100. The Morgan fingerprint density at radius 1 is 1.13 bits per heavy atom. The second kappa shape index (κ2) is 10.8. The van der Waals surface area contributed by atoms with Crippen molar-refractivity contribution in [1.29, 1.82) is 0 Å². The van der Waals surface area contributed by atoms with E-state index >= 15 is 0 Å². The van der Waals surface area contributed by atoms with Gasteiger partial charge in [0.05, 0.1) is 17.1 Å². The number of aryl methyl sites for hydroxylation is 1. The summed E-state index contributed by atoms with van der Waals surface area (Å²) in [6.07, 6.45) is 7.76. The average molecular weight is 519 g/mol. The first-order valence-corrected chi connectivity index (χ1v) is 12.3. The first kappa shape index (κ1) is 25.1. The third-order valence-electron chi connectivity index (χ3n) is 6.16. The molecule has 0 atom stereocenters. The molecular weight excluding hydrogens is 492 g/mol. The highest BCUT2D eigenvalue weighted by Crippen LogP contribution is 2.23. The number of amides is 1. The van der Waals surface area contributed by atoms with Gasteiger partial charge < -0.3 is 16.8 Å². The smallest absolute Gasteiger partial charge is 0.264 e. The van der Waals surface area contributed by atoms with Crippen LogP contribution in [0.25, 0.3) is 22.7 Å². The maximum absolute atomic E-state index is 13.4. The second-order valence-corrected chi connectivity index (χ2v) is 8.66. The molecule has 0 fully saturated rings. The number of fused-ring (bicyclic) bond motifs is 2. The number of hydrogen-bond donors (Lipinski definition) is 4. The third-order valence-corrected chi connectivity index (χ3v) is 6.16. The van der Waals surface area contributed by atoms with Gasteiger partial charge in [0, 0.05) is 35.9 Å². The van der Waals surface area contributed by atoms with Gasteiger partial charge in [-0.25, -0.2) is 4.68 Å². The van der Waals surface area contributed by atoms with E-state index in [1.165, 1.54) is 4.68 Å². The summed E-state index contributed by atoms with van der Waals surface area (Å²) >= 11 is 0. The number of nitrogens with zero attached hydrogens (tertiary/aromatic N) is 4. The molecule has 0 radical (unpaired) electrons. The molecule has 0 unspecified atom stereocenters. The minimum absolute atomic E-state index is 0.0392. The zero-order valence-corrected chi connectivity index (χ0v) is 21.2. The van der Waals surface area contributed by atoms with Gasteiger partial charge in [-0.2, -0.15) is 5.10 Å². The first-order chi connectivity index (χ1) is 19.0. The van der Waals surface area contributed by atoms with E-state index in [2.05, 4.69) is 45.4 Å². The van der Waals surface area contributed by atoms with E-state index in [1.807, 2.05) is 54.6 Å². The molecule has 0 spiro atoms. The number of primary amides is 1. The summed E-state index contributed by atoms with van der Waals surface area (Å²) in [5, 5.41) is 15.1. The molecule has 0 saturated carbocycles. The molecule has 1 aliphatic rings. The van der Waals surface area contributed by atoms with Crippen molar-refractivity contribution in [3.05, 3.63) is 106 Å². The molecule has 0 aliphatic carbocycles. The largest absolute Gasteiger partial charge is 0.381 e. The standard InChI is InChI=1S/C22H17N3O.C7H9N5O/c1-2-19-13-18-8-6-7-17(12-11-16-14-23-24-15-16)21(18)22(26)25(19)20-9-4-3-5-10-20;8-5-4(6(9)13)7-10-2-1-3-12(7)11-5/h3-10,13-15H,2H2,1H3,(H,23,24);1,3,10H,2H2,(H2,8,11)(H2,9,13). The summed E-state index contributed by atoms with van der Waals surface area (Å²) in [5.41, 5.74) is 14.2. The Hall–Kier alpha value is -5.56. The number of anilines is 2. The normalized spacial score (nSPS) is 11.5. The molecule has 2 aromatic carbocycles. The summed E-state index contributed by atoms with van der Waals surface area (Å²) in [5.74, 6) is 6.33. The van der Waals surface area contributed by atoms with Gasteiger partial charge in [0.15, 0.2) is 5.82 Å². The van der Waals surface area contributed by atoms with Crippen LogP contribution in [0, 0.1) is 11.8 Å². The number of nitrogen functional groups attached to an aromatic ring is 1. The van der Waals surface area contributed by atoms with Crippen LogP contribution in [0.3, 0.4) is 0 Å². The minimum atomic E-state index is -0.568. The molecule has 6 rings (SSSR count). The van der Waals surface area contributed by atoms with Gasteiger partial charge in [0.2, 0.25) is 0 Å². The summed E-state index contributed by atoms with van der Waals surface area (Å²) in [6, 6.07) is 17.6. The van der Waals surface area contributed by atoms with Gasteiger partial charge in [-0.3, -0.25) is 19.3 Å². The third kappa shape index (κ3) is 5.01. The van der Waals surface area contributed by atoms with Crippen LogP contribution in [0.4, 0.5) is 11.6 Å². The molecule has 0 bridgehead atoms. The number of pyridine rings is 1. The van der Waals surface area contributed by atoms with Crippen LogP contribution < -0.4 is 22.3 Å². The number of para-hydroxylation sites is 1. The highest BCUT2D eigenvalue weighted by atomic mass is 16.1. The monoisotopic (exact) mass is 518 g/mol. The molecule has 3 aromatic heterocycles. The lowest BCUT2D eigenvalue weighted by Gasteiger charge is -2.14. The van der Waals surface area contributed by atoms with Crippen molar-refractivity contribution in [3.8, 4) is 17.5 Å². The van der Waals surface area contributed by atoms with Gasteiger partial charge in [0.1, 0.15) is 11.4 Å². The summed E-state index contributed by atoms with van der Waals surface area (Å²) in [7, 11) is 0. The fourth-order valence-electron chi connectivity index (χ4n) is 4.38. The molecule has 4 heterocycles. The summed E-state index contributed by atoms with van der Waals surface area (Å²) in [6.45, 7) is 2.70. The van der Waals surface area contributed by atoms with Crippen molar-refractivity contribution in [2.75, 3.05) is 17.6 Å². The van der Waals surface area contributed by atoms with Crippen LogP contribution in [0.15, 0.2) is 77.9 Å². The van der Waals surface area contributed by atoms with E-state index in [0.29, 0.717) is 17.7 Å². The Bertz CT molecular complexity index is 1800. The highest BCUT2D eigenvalue weighted by molar-refractivity contribution is 6.02. The van der Waals surface area contributed by atoms with Crippen LogP contribution in [-0.4, -0.2) is 37.0 Å². The molecule has 6 N–H and O–H groups in total. The van der Waals surface area contributed by atoms with Crippen molar-refractivity contribution in [2.24, 2.45) is 5.73 Å². The Morgan fingerprint density at radius 3 is 2.67 bits per heavy atom. The highest BCUT2D eigenvalue weighted by Gasteiger charge is 2.20. The van der Waals surface area contributed by atoms with E-state index < -0.39 is 5.91 Å². The average Bonchev–Trinajstić information content (AvgIpc) is 3.59. The fourth-order valence-corrected chi connectivity index (χ4v) is 4.38. The molecule has 194 valence electrons. The molecule has 10 heteroatoms. The summed E-state index contributed by atoms with van der Waals surface area (Å²) in [4.78, 5) is 24.3. The number of carbonyl (C=O) groups is 1. The topological polar surface area (TPSA) is 150 Å². The van der Waals surface area contributed by atoms with E-state index in [0.717, 1.165) is 34.3 Å². The number of carbonyl (C=O) groups excluding carboxylic acids is 1. The number of hydrogen-bond acceptors (Lipinski definition) is 6. The van der Waals surface area contributed by atoms with Crippen molar-refractivity contribution in [2.45, 2.75) is 13.3 Å². The predicted octanol–water partition coefficient (Wildman–Crippen LogP) is 3.14. The quantitative estimate of drug-likeness (QED) is 0.270. The number of H-pyrrole nitrogens is 1. The van der Waals surface area contributed by atoms with Gasteiger partial charge >= 0.3 is 0 Å². The molecular formula is C29H26N8O2. The zero-order valence-electron chi connectivity index (χ0n) is 21.2. The molecule has 10 nitrogen and oxygen atoms in total. The Kier molecular flexibility index (Phi) is 6.96. The van der Waals surface area contributed by atoms with Crippen LogP contribution in [0.5, 0.6) is 0 Å². The van der Waals surface area contributed by atoms with Crippen LogP contribution >= 0.6 is 0 Å². The lowest BCUT2D eigenvalue weighted by atomic mass is 10.0. The predicted molar refractivity (Wildman–Crippen MR) is 152 cm³/mol. The van der Waals surface area contributed by atoms with Crippen LogP contribution in [0.2, 0.25) is 0 Å². The number of rotatable bonds is 3. The Morgan fingerprint density at radius 2 is 1.95 bits per heavy atom. The maximum atomic E-state index is 13.4. The maximum Gasteiger partial charge on any atom is 0.264 e. The fraction of sp³-hybridized carbons (Fsp3) is 0.103. The zero-order chi connectivity index (χ0) is 27.4. The number of nitrogens with one attached hydrogen (secondary N) is 2. The number of nitrogens with two attached hydrogens (primary N) is 2. The van der Waals surface area contributed by atoms with E-state index in [4.69, 9.17) is 11.5 Å². The molecule has 5 aromatic rings. The number of aromatic nitrogens is 5. The molecule has 39 heavy (non-hydrogen) atoms. The number of aromatic amines is 1. The van der Waals surface area contributed by atoms with Gasteiger partial charge in [-0.1, -0.05) is 49.1 Å². The van der Waals surface area contributed by atoms with E-state index in [9.17, 15) is 9.59 Å². The van der Waals surface area contributed by atoms with Crippen molar-refractivity contribution >= 4 is 34.5 Å². The van der Waals surface area contributed by atoms with Crippen LogP contribution in [-0.2, 0) is 6.42 Å². The SMILES string of the molecule is CCc1cc2cccc(C#Cc3cn[nH]c3)c2c(=O)n1-c1ccccc1.NC(=O)c1c(N)nn2c1NCC=C2. The Labute approximate surface area is 224 Å². The molecule has 1 aliphatic heterocycles. The lowest BCUT2D eigenvalue weighted by Crippen LogP contribution is -2.22. The van der Waals surface area contributed by atoms with E-state index in [-0.39, 0.29) is 16.9 Å². The number of benzene rings is 2. The van der Waals surface area contributed by atoms with Gasteiger partial charge in [0.25, 0.3) is 11.5 Å². The van der Waals surface area contributed by atoms with Crippen molar-refractivity contribution in [1.82, 2.24) is 24.5 Å². The van der Waals surface area contributed by atoms with Gasteiger partial charge in [-0.15, -0.1) is 5.10 Å². The van der Waals surface area contributed by atoms with E-state index in [1.54, 1.807) is 23.2 Å². The summed E-state index contributed by atoms with van der Waals surface area (Å²) < 4.78 is 3.28. The molecule has 1 amide bonds. The van der Waals surface area contributed by atoms with Crippen LogP contribution in [0.1, 0.15) is 34.1 Å². The molecule has 0 saturated heterocycles.